The van der Waals surface area contributed by atoms with Crippen molar-refractivity contribution in [1.29, 1.82) is 0 Å². The van der Waals surface area contributed by atoms with E-state index in [-0.39, 0.29) is 13.1 Å². The second-order valence-corrected chi connectivity index (χ2v) is 3.73. The number of hydrogen-bond donors (Lipinski definition) is 0. The van der Waals surface area contributed by atoms with Crippen LogP contribution in [0.1, 0.15) is 0 Å². The molecule has 1 aliphatic heterocycles. The van der Waals surface area contributed by atoms with Crippen molar-refractivity contribution in [3.05, 3.63) is 0 Å². The fourth-order valence-corrected chi connectivity index (χ4v) is 1.55. The second-order valence-electron chi connectivity index (χ2n) is 3.73. The quantitative estimate of drug-likeness (QED) is 0.587. The third-order valence-corrected chi connectivity index (χ3v) is 2.23. The summed E-state index contributed by atoms with van der Waals surface area (Å²) in [7, 11) is 4.44. The van der Waals surface area contributed by atoms with Gasteiger partial charge < -0.3 is 4.90 Å². The van der Waals surface area contributed by atoms with Gasteiger partial charge in [0.15, 0.2) is 6.17 Å². The minimum Gasteiger partial charge on any atom is -0.346 e. The molecule has 1 aliphatic rings. The highest BCUT2D eigenvalue weighted by molar-refractivity contribution is 5.86. The number of rotatable bonds is 1. The average Bonchev–Trinajstić information content (AvgIpc) is 2.25. The first kappa shape index (κ1) is 10.4. The summed E-state index contributed by atoms with van der Waals surface area (Å²) in [5.74, 6) is -0.788. The predicted molar refractivity (Wildman–Crippen MR) is 44.9 cm³/mol. The third kappa shape index (κ3) is 1.65. The van der Waals surface area contributed by atoms with Crippen LogP contribution >= 0.6 is 0 Å². The maximum atomic E-state index is 13.8. The number of likely N-dealkylation sites (tertiary alicyclic amines) is 1. The Kier molecular flexibility index (Phi) is 2.56. The highest BCUT2D eigenvalue weighted by atomic mass is 19.2. The number of amides is 1. The molecule has 1 saturated heterocycles. The highest BCUT2D eigenvalue weighted by Gasteiger charge is 2.53. The lowest BCUT2D eigenvalue weighted by Gasteiger charge is -2.23. The molecule has 76 valence electrons. The van der Waals surface area contributed by atoms with Crippen LogP contribution in [-0.2, 0) is 4.79 Å². The van der Waals surface area contributed by atoms with Crippen molar-refractivity contribution < 1.29 is 13.6 Å². The van der Waals surface area contributed by atoms with Crippen molar-refractivity contribution in [2.75, 3.05) is 34.2 Å². The molecule has 13 heavy (non-hydrogen) atoms. The summed E-state index contributed by atoms with van der Waals surface area (Å²) in [5, 5.41) is 0. The van der Waals surface area contributed by atoms with E-state index in [0.29, 0.717) is 0 Å². The molecule has 1 rings (SSSR count). The Morgan fingerprint density at radius 2 is 2.15 bits per heavy atom. The zero-order chi connectivity index (χ0) is 10.2. The summed E-state index contributed by atoms with van der Waals surface area (Å²) in [6.07, 6.45) is -1.72. The first-order chi connectivity index (χ1) is 5.88. The smallest absolute Gasteiger partial charge is 0.264 e. The van der Waals surface area contributed by atoms with Crippen molar-refractivity contribution in [3.63, 3.8) is 0 Å². The lowest BCUT2D eigenvalue weighted by molar-refractivity contribution is -0.143. The molecule has 0 N–H and O–H groups in total. The van der Waals surface area contributed by atoms with Crippen molar-refractivity contribution in [2.24, 2.45) is 0 Å². The van der Waals surface area contributed by atoms with Gasteiger partial charge in [0.2, 0.25) is 5.67 Å². The van der Waals surface area contributed by atoms with Crippen LogP contribution in [0.3, 0.4) is 0 Å². The summed E-state index contributed by atoms with van der Waals surface area (Å²) >= 11 is 0. The Labute approximate surface area is 76.3 Å². The molecule has 3 nitrogen and oxygen atoms in total. The van der Waals surface area contributed by atoms with E-state index in [9.17, 15) is 13.6 Å². The molecule has 2 unspecified atom stereocenters. The van der Waals surface area contributed by atoms with Gasteiger partial charge in [0.05, 0.1) is 0 Å². The fourth-order valence-electron chi connectivity index (χ4n) is 1.55. The third-order valence-electron chi connectivity index (χ3n) is 2.23. The van der Waals surface area contributed by atoms with Crippen LogP contribution in [0.2, 0.25) is 0 Å². The SMILES string of the molecule is CN1CC(F)C(F)(C(=O)N(C)C)C1. The lowest BCUT2D eigenvalue weighted by Crippen LogP contribution is -2.49. The minimum absolute atomic E-state index is 0.0178. The topological polar surface area (TPSA) is 23.6 Å². The number of carbonyl (C=O) groups excluding carboxylic acids is 1. The van der Waals surface area contributed by atoms with E-state index in [4.69, 9.17) is 0 Å². The van der Waals surface area contributed by atoms with E-state index in [1.54, 1.807) is 7.05 Å². The summed E-state index contributed by atoms with van der Waals surface area (Å²) < 4.78 is 27.0. The van der Waals surface area contributed by atoms with E-state index in [1.807, 2.05) is 0 Å². The van der Waals surface area contributed by atoms with Crippen LogP contribution in [0.5, 0.6) is 0 Å². The molecule has 5 heteroatoms. The summed E-state index contributed by atoms with van der Waals surface area (Å²) in [6.45, 7) is -0.179. The monoisotopic (exact) mass is 192 g/mol. The van der Waals surface area contributed by atoms with Crippen LogP contribution in [-0.4, -0.2) is 61.8 Å². The van der Waals surface area contributed by atoms with Crippen LogP contribution < -0.4 is 0 Å². The minimum atomic E-state index is -2.35. The Morgan fingerprint density at radius 3 is 2.46 bits per heavy atom. The number of carbonyl (C=O) groups is 1. The Morgan fingerprint density at radius 1 is 1.62 bits per heavy atom. The predicted octanol–water partition coefficient (Wildman–Crippen LogP) is 0.0664. The van der Waals surface area contributed by atoms with Crippen LogP contribution in [0, 0.1) is 0 Å². The van der Waals surface area contributed by atoms with E-state index < -0.39 is 17.7 Å². The molecule has 0 aromatic rings. The Hall–Kier alpha value is -0.710. The largest absolute Gasteiger partial charge is 0.346 e. The zero-order valence-corrected chi connectivity index (χ0v) is 8.05. The molecule has 1 amide bonds. The first-order valence-corrected chi connectivity index (χ1v) is 4.11. The molecular formula is C8H14F2N2O. The average molecular weight is 192 g/mol. The van der Waals surface area contributed by atoms with E-state index in [0.717, 1.165) is 4.90 Å². The number of alkyl halides is 2. The number of halogens is 2. The van der Waals surface area contributed by atoms with Crippen molar-refractivity contribution >= 4 is 5.91 Å². The van der Waals surface area contributed by atoms with Crippen LogP contribution in [0.25, 0.3) is 0 Å². The van der Waals surface area contributed by atoms with Gasteiger partial charge in [-0.15, -0.1) is 0 Å². The first-order valence-electron chi connectivity index (χ1n) is 4.11. The fraction of sp³-hybridized carbons (Fsp3) is 0.875. The highest BCUT2D eigenvalue weighted by Crippen LogP contribution is 2.29. The molecule has 0 aromatic heterocycles. The normalized spacial score (nSPS) is 35.0. The molecule has 0 saturated carbocycles. The van der Waals surface area contributed by atoms with Gasteiger partial charge in [-0.2, -0.15) is 0 Å². The van der Waals surface area contributed by atoms with E-state index in [1.165, 1.54) is 19.0 Å². The van der Waals surface area contributed by atoms with Gasteiger partial charge in [-0.25, -0.2) is 8.78 Å². The van der Waals surface area contributed by atoms with E-state index >= 15 is 0 Å². The Balaban J connectivity index is 2.82. The molecule has 0 aliphatic carbocycles. The molecule has 1 heterocycles. The maximum absolute atomic E-state index is 13.8. The van der Waals surface area contributed by atoms with Crippen LogP contribution in [0.15, 0.2) is 0 Å². The molecule has 1 fully saturated rings. The van der Waals surface area contributed by atoms with Gasteiger partial charge in [-0.3, -0.25) is 9.69 Å². The molecule has 2 atom stereocenters. The van der Waals surface area contributed by atoms with E-state index in [2.05, 4.69) is 0 Å². The van der Waals surface area contributed by atoms with Gasteiger partial charge in [0.1, 0.15) is 0 Å². The van der Waals surface area contributed by atoms with Crippen molar-refractivity contribution in [2.45, 2.75) is 11.8 Å². The molecule has 0 bridgehead atoms. The van der Waals surface area contributed by atoms with Gasteiger partial charge in [-0.05, 0) is 7.05 Å². The van der Waals surface area contributed by atoms with Crippen molar-refractivity contribution in [1.82, 2.24) is 9.80 Å². The van der Waals surface area contributed by atoms with Crippen molar-refractivity contribution in [3.8, 4) is 0 Å². The zero-order valence-electron chi connectivity index (χ0n) is 8.05. The summed E-state index contributed by atoms with van der Waals surface area (Å²) in [6, 6.07) is 0. The maximum Gasteiger partial charge on any atom is 0.264 e. The number of hydrogen-bond acceptors (Lipinski definition) is 2. The number of nitrogens with zero attached hydrogens (tertiary/aromatic N) is 2. The lowest BCUT2D eigenvalue weighted by atomic mass is 10.0. The van der Waals surface area contributed by atoms with Gasteiger partial charge >= 0.3 is 0 Å². The molecule has 0 radical (unpaired) electrons. The van der Waals surface area contributed by atoms with Gasteiger partial charge in [0, 0.05) is 27.2 Å². The summed E-state index contributed by atoms with van der Waals surface area (Å²) in [4.78, 5) is 13.9. The molecular weight excluding hydrogens is 178 g/mol. The second kappa shape index (κ2) is 3.21. The molecule has 0 spiro atoms. The standard InChI is InChI=1S/C8H14F2N2O/c1-11(2)7(13)8(10)5-12(3)4-6(8)9/h6H,4-5H2,1-3H3. The van der Waals surface area contributed by atoms with Gasteiger partial charge in [-0.1, -0.05) is 0 Å². The van der Waals surface area contributed by atoms with Crippen LogP contribution in [0.4, 0.5) is 8.78 Å². The molecule has 0 aromatic carbocycles. The summed E-state index contributed by atoms with van der Waals surface area (Å²) in [5.41, 5.74) is -2.35. The van der Waals surface area contributed by atoms with Gasteiger partial charge in [0.25, 0.3) is 5.91 Å². The Bertz CT molecular complexity index is 222.